The van der Waals surface area contributed by atoms with Crippen LogP contribution >= 0.6 is 11.3 Å². The molecule has 0 amide bonds. The number of nitrogens with zero attached hydrogens (tertiary/aromatic N) is 2. The van der Waals surface area contributed by atoms with Gasteiger partial charge in [0, 0.05) is 11.1 Å². The summed E-state index contributed by atoms with van der Waals surface area (Å²) in [6.45, 7) is 6.21. The molecule has 0 aliphatic rings. The molecule has 0 atom stereocenters. The number of aryl methyl sites for hydroxylation is 1. The average molecular weight is 222 g/mol. The van der Waals surface area contributed by atoms with E-state index in [9.17, 15) is 4.79 Å². The fourth-order valence-electron chi connectivity index (χ4n) is 1.74. The van der Waals surface area contributed by atoms with Crippen LogP contribution in [0.1, 0.15) is 48.6 Å². The maximum atomic E-state index is 11.1. The smallest absolute Gasteiger partial charge is 0.194 e. The first kappa shape index (κ1) is 10.4. The standard InChI is InChI=1S/C11H14N2OS/c1-4-8-6-15-11-12-10(7(2)3)9(5-14)13(8)11/h5-7H,4H2,1-3H3. The molecule has 0 unspecified atom stereocenters. The Morgan fingerprint density at radius 2 is 2.33 bits per heavy atom. The van der Waals surface area contributed by atoms with Gasteiger partial charge in [-0.1, -0.05) is 20.8 Å². The lowest BCUT2D eigenvalue weighted by Crippen LogP contribution is -1.99. The lowest BCUT2D eigenvalue weighted by molar-refractivity contribution is 0.111. The topological polar surface area (TPSA) is 34.4 Å². The van der Waals surface area contributed by atoms with Crippen molar-refractivity contribution in [1.29, 1.82) is 0 Å². The number of rotatable bonds is 3. The van der Waals surface area contributed by atoms with E-state index in [1.165, 1.54) is 0 Å². The molecule has 2 rings (SSSR count). The minimum absolute atomic E-state index is 0.294. The van der Waals surface area contributed by atoms with Crippen molar-refractivity contribution in [2.75, 3.05) is 0 Å². The molecule has 80 valence electrons. The molecule has 0 bridgehead atoms. The van der Waals surface area contributed by atoms with Gasteiger partial charge >= 0.3 is 0 Å². The number of thiazole rings is 1. The largest absolute Gasteiger partial charge is 0.296 e. The molecule has 2 heterocycles. The van der Waals surface area contributed by atoms with E-state index in [1.807, 2.05) is 4.40 Å². The van der Waals surface area contributed by atoms with E-state index >= 15 is 0 Å². The number of hydrogen-bond donors (Lipinski definition) is 0. The van der Waals surface area contributed by atoms with Crippen molar-refractivity contribution in [3.8, 4) is 0 Å². The Labute approximate surface area is 92.8 Å². The molecule has 0 saturated heterocycles. The van der Waals surface area contributed by atoms with E-state index in [0.29, 0.717) is 5.92 Å². The monoisotopic (exact) mass is 222 g/mol. The van der Waals surface area contributed by atoms with Gasteiger partial charge in [-0.15, -0.1) is 11.3 Å². The van der Waals surface area contributed by atoms with Gasteiger partial charge in [0.15, 0.2) is 11.2 Å². The fourth-order valence-corrected chi connectivity index (χ4v) is 2.72. The maximum Gasteiger partial charge on any atom is 0.194 e. The number of imidazole rings is 1. The van der Waals surface area contributed by atoms with E-state index in [-0.39, 0.29) is 0 Å². The highest BCUT2D eigenvalue weighted by Gasteiger charge is 2.17. The van der Waals surface area contributed by atoms with Crippen LogP contribution in [-0.4, -0.2) is 15.7 Å². The Kier molecular flexibility index (Phi) is 2.61. The third-order valence-electron chi connectivity index (χ3n) is 2.52. The Hall–Kier alpha value is -1.16. The summed E-state index contributed by atoms with van der Waals surface area (Å²) in [6.07, 6.45) is 1.84. The molecule has 0 fully saturated rings. The van der Waals surface area contributed by atoms with E-state index in [4.69, 9.17) is 0 Å². The molecular weight excluding hydrogens is 208 g/mol. The van der Waals surface area contributed by atoms with Gasteiger partial charge in [-0.3, -0.25) is 9.20 Å². The lowest BCUT2D eigenvalue weighted by atomic mass is 10.1. The summed E-state index contributed by atoms with van der Waals surface area (Å²) in [5.74, 6) is 0.294. The third kappa shape index (κ3) is 1.49. The van der Waals surface area contributed by atoms with Gasteiger partial charge in [-0.25, -0.2) is 4.98 Å². The highest BCUT2D eigenvalue weighted by Crippen LogP contribution is 2.24. The van der Waals surface area contributed by atoms with E-state index < -0.39 is 0 Å². The second-order valence-electron chi connectivity index (χ2n) is 3.85. The highest BCUT2D eigenvalue weighted by molar-refractivity contribution is 7.15. The molecule has 2 aromatic heterocycles. The van der Waals surface area contributed by atoms with Crippen LogP contribution in [0, 0.1) is 0 Å². The summed E-state index contributed by atoms with van der Waals surface area (Å²) in [5, 5.41) is 2.07. The van der Waals surface area contributed by atoms with Crippen molar-refractivity contribution >= 4 is 22.6 Å². The molecule has 4 heteroatoms. The van der Waals surface area contributed by atoms with Gasteiger partial charge in [0.25, 0.3) is 0 Å². The molecule has 0 N–H and O–H groups in total. The van der Waals surface area contributed by atoms with E-state index in [2.05, 4.69) is 31.1 Å². The quantitative estimate of drug-likeness (QED) is 0.748. The molecule has 0 saturated carbocycles. The number of hydrogen-bond acceptors (Lipinski definition) is 3. The minimum Gasteiger partial charge on any atom is -0.296 e. The zero-order valence-corrected chi connectivity index (χ0v) is 9.97. The predicted molar refractivity (Wildman–Crippen MR) is 61.9 cm³/mol. The Morgan fingerprint density at radius 3 is 2.87 bits per heavy atom. The summed E-state index contributed by atoms with van der Waals surface area (Å²) >= 11 is 1.60. The van der Waals surface area contributed by atoms with Gasteiger partial charge < -0.3 is 0 Å². The Bertz CT molecular complexity index is 496. The molecular formula is C11H14N2OS. The van der Waals surface area contributed by atoms with Crippen molar-refractivity contribution in [3.05, 3.63) is 22.5 Å². The van der Waals surface area contributed by atoms with Crippen molar-refractivity contribution in [2.45, 2.75) is 33.1 Å². The molecule has 0 aromatic carbocycles. The van der Waals surface area contributed by atoms with E-state index in [1.54, 1.807) is 11.3 Å². The second-order valence-corrected chi connectivity index (χ2v) is 4.69. The first-order valence-electron chi connectivity index (χ1n) is 5.12. The molecule has 0 spiro atoms. The molecule has 3 nitrogen and oxygen atoms in total. The summed E-state index contributed by atoms with van der Waals surface area (Å²) < 4.78 is 1.98. The number of carbonyl (C=O) groups is 1. The summed E-state index contributed by atoms with van der Waals surface area (Å²) in [5.41, 5.74) is 2.79. The zero-order chi connectivity index (χ0) is 11.0. The van der Waals surface area contributed by atoms with Crippen molar-refractivity contribution in [2.24, 2.45) is 0 Å². The van der Waals surface area contributed by atoms with Crippen LogP contribution in [0.15, 0.2) is 5.38 Å². The molecule has 0 radical (unpaired) electrons. The van der Waals surface area contributed by atoms with Crippen LogP contribution in [-0.2, 0) is 6.42 Å². The fraction of sp³-hybridized carbons (Fsp3) is 0.455. The summed E-state index contributed by atoms with van der Waals surface area (Å²) in [7, 11) is 0. The van der Waals surface area contributed by atoms with Gasteiger partial charge in [0.05, 0.1) is 5.69 Å². The Morgan fingerprint density at radius 1 is 1.60 bits per heavy atom. The number of aldehydes is 1. The van der Waals surface area contributed by atoms with Crippen LogP contribution < -0.4 is 0 Å². The highest BCUT2D eigenvalue weighted by atomic mass is 32.1. The van der Waals surface area contributed by atoms with Crippen LogP contribution in [0.25, 0.3) is 4.96 Å². The molecule has 0 aliphatic heterocycles. The second kappa shape index (κ2) is 3.77. The zero-order valence-electron chi connectivity index (χ0n) is 9.15. The summed E-state index contributed by atoms with van der Waals surface area (Å²) in [4.78, 5) is 16.5. The molecule has 0 aliphatic carbocycles. The minimum atomic E-state index is 0.294. The van der Waals surface area contributed by atoms with Crippen LogP contribution in [0.4, 0.5) is 0 Å². The summed E-state index contributed by atoms with van der Waals surface area (Å²) in [6, 6.07) is 0. The van der Waals surface area contributed by atoms with Gasteiger partial charge in [-0.05, 0) is 12.3 Å². The SMILES string of the molecule is CCc1csc2nc(C(C)C)c(C=O)n12. The average Bonchev–Trinajstić information content (AvgIpc) is 2.74. The van der Waals surface area contributed by atoms with Crippen LogP contribution in [0.3, 0.4) is 0 Å². The maximum absolute atomic E-state index is 11.1. The normalized spacial score (nSPS) is 11.5. The predicted octanol–water partition coefficient (Wildman–Crippen LogP) is 2.89. The van der Waals surface area contributed by atoms with Gasteiger partial charge in [-0.2, -0.15) is 0 Å². The van der Waals surface area contributed by atoms with Crippen molar-refractivity contribution in [1.82, 2.24) is 9.38 Å². The molecule has 15 heavy (non-hydrogen) atoms. The lowest BCUT2D eigenvalue weighted by Gasteiger charge is -2.01. The van der Waals surface area contributed by atoms with Gasteiger partial charge in [0.2, 0.25) is 0 Å². The van der Waals surface area contributed by atoms with Crippen LogP contribution in [0.5, 0.6) is 0 Å². The molecule has 2 aromatic rings. The van der Waals surface area contributed by atoms with Crippen molar-refractivity contribution < 1.29 is 4.79 Å². The number of aromatic nitrogens is 2. The van der Waals surface area contributed by atoms with E-state index in [0.717, 1.165) is 34.7 Å². The number of fused-ring (bicyclic) bond motifs is 1. The van der Waals surface area contributed by atoms with Gasteiger partial charge in [0.1, 0.15) is 5.69 Å². The first-order valence-corrected chi connectivity index (χ1v) is 6.00. The number of carbonyl (C=O) groups excluding carboxylic acids is 1. The van der Waals surface area contributed by atoms with Crippen molar-refractivity contribution in [3.63, 3.8) is 0 Å². The van der Waals surface area contributed by atoms with Crippen LogP contribution in [0.2, 0.25) is 0 Å². The third-order valence-corrected chi connectivity index (χ3v) is 3.39. The first-order chi connectivity index (χ1) is 7.19. The Balaban J connectivity index is 2.76.